The maximum Gasteiger partial charge on any atom is 0.0653 e. The first-order valence-corrected chi connectivity index (χ1v) is 3.99. The first-order chi connectivity index (χ1) is 5.47. The topological polar surface area (TPSA) is 24.1 Å². The first-order valence-electron chi connectivity index (χ1n) is 3.99. The highest BCUT2D eigenvalue weighted by atomic mass is 15.1. The fourth-order valence-corrected chi connectivity index (χ4v) is 1.38. The van der Waals surface area contributed by atoms with Crippen molar-refractivity contribution in [2.75, 3.05) is 18.5 Å². The van der Waals surface area contributed by atoms with Crippen LogP contribution in [0.5, 0.6) is 0 Å². The Bertz CT molecular complexity index is 220. The van der Waals surface area contributed by atoms with Crippen LogP contribution < -0.4 is 10.6 Å². The highest BCUT2D eigenvalue weighted by Gasteiger charge is 2.03. The Kier molecular flexibility index (Phi) is 1.78. The zero-order chi connectivity index (χ0) is 7.52. The van der Waals surface area contributed by atoms with Crippen LogP contribution in [0.25, 0.3) is 0 Å². The zero-order valence-electron chi connectivity index (χ0n) is 6.43. The highest BCUT2D eigenvalue weighted by molar-refractivity contribution is 5.51. The summed E-state index contributed by atoms with van der Waals surface area (Å²) in [6, 6.07) is 8.46. The summed E-state index contributed by atoms with van der Waals surface area (Å²) in [6.07, 6.45) is 1.13. The molecule has 1 aromatic rings. The average molecular weight is 148 g/mol. The van der Waals surface area contributed by atoms with Gasteiger partial charge in [-0.2, -0.15) is 0 Å². The summed E-state index contributed by atoms with van der Waals surface area (Å²) in [7, 11) is 0. The number of hydrogen-bond donors (Lipinski definition) is 2. The van der Waals surface area contributed by atoms with Gasteiger partial charge in [0, 0.05) is 12.2 Å². The Labute approximate surface area is 66.6 Å². The molecule has 2 rings (SSSR count). The van der Waals surface area contributed by atoms with E-state index in [0.29, 0.717) is 0 Å². The van der Waals surface area contributed by atoms with E-state index in [1.165, 1.54) is 11.3 Å². The molecule has 1 aromatic carbocycles. The quantitative estimate of drug-likeness (QED) is 0.577. The minimum atomic E-state index is 0.886. The van der Waals surface area contributed by atoms with Gasteiger partial charge < -0.3 is 5.32 Å². The smallest absolute Gasteiger partial charge is 0.0653 e. The van der Waals surface area contributed by atoms with Gasteiger partial charge in [-0.05, 0) is 18.1 Å². The van der Waals surface area contributed by atoms with E-state index < -0.39 is 0 Å². The standard InChI is InChI=1S/C9H12N2/c1-2-4-9-8(3-1)5-6-10-7-11-9/h1-4,10-11H,5-7H2. The molecule has 58 valence electrons. The van der Waals surface area contributed by atoms with Crippen LogP contribution in [0.4, 0.5) is 5.69 Å². The molecule has 1 heterocycles. The number of hydrogen-bond acceptors (Lipinski definition) is 2. The minimum absolute atomic E-state index is 0.886. The maximum absolute atomic E-state index is 3.31. The van der Waals surface area contributed by atoms with E-state index in [-0.39, 0.29) is 0 Å². The van der Waals surface area contributed by atoms with E-state index in [4.69, 9.17) is 0 Å². The number of para-hydroxylation sites is 1. The lowest BCUT2D eigenvalue weighted by atomic mass is 10.1. The van der Waals surface area contributed by atoms with Gasteiger partial charge in [0.15, 0.2) is 0 Å². The van der Waals surface area contributed by atoms with Crippen molar-refractivity contribution in [3.63, 3.8) is 0 Å². The first kappa shape index (κ1) is 6.68. The molecule has 0 saturated heterocycles. The van der Waals surface area contributed by atoms with Crippen molar-refractivity contribution in [3.8, 4) is 0 Å². The predicted octanol–water partition coefficient (Wildman–Crippen LogP) is 1.20. The summed E-state index contributed by atoms with van der Waals surface area (Å²) < 4.78 is 0. The van der Waals surface area contributed by atoms with Crippen molar-refractivity contribution < 1.29 is 0 Å². The molecule has 2 nitrogen and oxygen atoms in total. The summed E-state index contributed by atoms with van der Waals surface area (Å²) in [5.74, 6) is 0. The van der Waals surface area contributed by atoms with Gasteiger partial charge in [-0.15, -0.1) is 0 Å². The molecule has 1 aliphatic heterocycles. The zero-order valence-corrected chi connectivity index (χ0v) is 6.43. The number of anilines is 1. The van der Waals surface area contributed by atoms with Gasteiger partial charge in [0.2, 0.25) is 0 Å². The van der Waals surface area contributed by atoms with Crippen molar-refractivity contribution in [3.05, 3.63) is 29.8 Å². The van der Waals surface area contributed by atoms with Crippen LogP contribution in [-0.4, -0.2) is 13.2 Å². The molecule has 11 heavy (non-hydrogen) atoms. The van der Waals surface area contributed by atoms with E-state index in [1.54, 1.807) is 0 Å². The van der Waals surface area contributed by atoms with E-state index in [9.17, 15) is 0 Å². The number of nitrogens with one attached hydrogen (secondary N) is 2. The van der Waals surface area contributed by atoms with E-state index in [1.807, 2.05) is 0 Å². The van der Waals surface area contributed by atoms with Crippen molar-refractivity contribution >= 4 is 5.69 Å². The lowest BCUT2D eigenvalue weighted by Gasteiger charge is -2.04. The lowest BCUT2D eigenvalue weighted by Crippen LogP contribution is -2.20. The Morgan fingerprint density at radius 1 is 1.18 bits per heavy atom. The predicted molar refractivity (Wildman–Crippen MR) is 46.6 cm³/mol. The molecular weight excluding hydrogens is 136 g/mol. The molecule has 0 amide bonds. The highest BCUT2D eigenvalue weighted by Crippen LogP contribution is 2.15. The van der Waals surface area contributed by atoms with Crippen LogP contribution in [-0.2, 0) is 6.42 Å². The number of fused-ring (bicyclic) bond motifs is 1. The van der Waals surface area contributed by atoms with Crippen molar-refractivity contribution in [2.24, 2.45) is 0 Å². The van der Waals surface area contributed by atoms with E-state index in [2.05, 4.69) is 34.9 Å². The largest absolute Gasteiger partial charge is 0.372 e. The molecule has 0 unspecified atom stereocenters. The molecule has 0 bridgehead atoms. The normalized spacial score (nSPS) is 16.4. The van der Waals surface area contributed by atoms with Crippen LogP contribution in [0.1, 0.15) is 5.56 Å². The fourth-order valence-electron chi connectivity index (χ4n) is 1.38. The van der Waals surface area contributed by atoms with Gasteiger partial charge in [-0.1, -0.05) is 18.2 Å². The van der Waals surface area contributed by atoms with Crippen LogP contribution in [0.3, 0.4) is 0 Å². The molecular formula is C9H12N2. The minimum Gasteiger partial charge on any atom is -0.372 e. The van der Waals surface area contributed by atoms with E-state index >= 15 is 0 Å². The molecule has 1 aliphatic rings. The number of rotatable bonds is 0. The second-order valence-electron chi connectivity index (χ2n) is 2.76. The summed E-state index contributed by atoms with van der Waals surface area (Å²) in [6.45, 7) is 1.96. The molecule has 0 radical (unpaired) electrons. The van der Waals surface area contributed by atoms with Crippen LogP contribution in [0, 0.1) is 0 Å². The molecule has 0 aliphatic carbocycles. The molecule has 0 spiro atoms. The van der Waals surface area contributed by atoms with Gasteiger partial charge in [-0.3, -0.25) is 5.32 Å². The second-order valence-corrected chi connectivity index (χ2v) is 2.76. The SMILES string of the molecule is c1ccc2c(c1)CCNCN2. The lowest BCUT2D eigenvalue weighted by molar-refractivity contribution is 0.743. The van der Waals surface area contributed by atoms with Gasteiger partial charge in [0.1, 0.15) is 0 Å². The van der Waals surface area contributed by atoms with Crippen molar-refractivity contribution in [1.29, 1.82) is 0 Å². The number of benzene rings is 1. The fraction of sp³-hybridized carbons (Fsp3) is 0.333. The third kappa shape index (κ3) is 1.35. The summed E-state index contributed by atoms with van der Waals surface area (Å²) in [4.78, 5) is 0. The monoisotopic (exact) mass is 148 g/mol. The summed E-state index contributed by atoms with van der Waals surface area (Å²) in [5.41, 5.74) is 2.69. The Morgan fingerprint density at radius 3 is 3.09 bits per heavy atom. The van der Waals surface area contributed by atoms with E-state index in [0.717, 1.165) is 19.6 Å². The third-order valence-electron chi connectivity index (χ3n) is 1.99. The van der Waals surface area contributed by atoms with Crippen LogP contribution in [0.2, 0.25) is 0 Å². The van der Waals surface area contributed by atoms with Crippen LogP contribution >= 0.6 is 0 Å². The molecule has 0 fully saturated rings. The maximum atomic E-state index is 3.31. The van der Waals surface area contributed by atoms with Crippen molar-refractivity contribution in [1.82, 2.24) is 5.32 Å². The summed E-state index contributed by atoms with van der Waals surface area (Å²) >= 11 is 0. The molecule has 0 atom stereocenters. The van der Waals surface area contributed by atoms with Gasteiger partial charge in [0.05, 0.1) is 6.67 Å². The Morgan fingerprint density at radius 2 is 2.09 bits per heavy atom. The molecule has 2 N–H and O–H groups in total. The van der Waals surface area contributed by atoms with Crippen molar-refractivity contribution in [2.45, 2.75) is 6.42 Å². The second kappa shape index (κ2) is 2.93. The Balaban J connectivity index is 2.33. The molecule has 0 aromatic heterocycles. The average Bonchev–Trinajstić information content (AvgIpc) is 2.28. The summed E-state index contributed by atoms with van der Waals surface area (Å²) in [5, 5.41) is 6.60. The molecule has 2 heteroatoms. The third-order valence-corrected chi connectivity index (χ3v) is 1.99. The van der Waals surface area contributed by atoms with Gasteiger partial charge >= 0.3 is 0 Å². The van der Waals surface area contributed by atoms with Gasteiger partial charge in [-0.25, -0.2) is 0 Å². The van der Waals surface area contributed by atoms with Gasteiger partial charge in [0.25, 0.3) is 0 Å². The Hall–Kier alpha value is -1.02. The molecule has 0 saturated carbocycles. The van der Waals surface area contributed by atoms with Crippen LogP contribution in [0.15, 0.2) is 24.3 Å².